The summed E-state index contributed by atoms with van der Waals surface area (Å²) in [7, 11) is 0. The van der Waals surface area contributed by atoms with E-state index in [4.69, 9.17) is 9.84 Å². The van der Waals surface area contributed by atoms with Gasteiger partial charge < -0.3 is 14.9 Å². The van der Waals surface area contributed by atoms with E-state index in [1.165, 1.54) is 0 Å². The van der Waals surface area contributed by atoms with E-state index >= 15 is 0 Å². The average Bonchev–Trinajstić information content (AvgIpc) is 2.36. The lowest BCUT2D eigenvalue weighted by Gasteiger charge is -2.06. The number of phenols is 1. The van der Waals surface area contributed by atoms with Gasteiger partial charge in [-0.1, -0.05) is 31.7 Å². The van der Waals surface area contributed by atoms with E-state index in [2.05, 4.69) is 0 Å². The van der Waals surface area contributed by atoms with Crippen molar-refractivity contribution >= 4 is 5.97 Å². The van der Waals surface area contributed by atoms with E-state index in [1.807, 2.05) is 6.07 Å². The minimum absolute atomic E-state index is 0.218. The Morgan fingerprint density at radius 3 is 2.42 bits per heavy atom. The maximum Gasteiger partial charge on any atom is 0.303 e. The molecule has 1 aromatic rings. The summed E-state index contributed by atoms with van der Waals surface area (Å²) in [5.74, 6) is 0.205. The number of aliphatic carboxylic acids is 1. The molecule has 0 amide bonds. The SMILES string of the molecule is O=C(O)CCCCCCCCOc1cccc(O)c1. The lowest BCUT2D eigenvalue weighted by molar-refractivity contribution is -0.137. The Labute approximate surface area is 114 Å². The minimum atomic E-state index is -0.709. The number of carboxylic acids is 1. The van der Waals surface area contributed by atoms with Crippen LogP contribution >= 0.6 is 0 Å². The van der Waals surface area contributed by atoms with Crippen LogP contribution in [0.3, 0.4) is 0 Å². The van der Waals surface area contributed by atoms with Gasteiger partial charge in [0.25, 0.3) is 0 Å². The first kappa shape index (κ1) is 15.3. The molecule has 4 heteroatoms. The molecule has 106 valence electrons. The summed E-state index contributed by atoms with van der Waals surface area (Å²) in [5.41, 5.74) is 0. The molecular weight excluding hydrogens is 244 g/mol. The highest BCUT2D eigenvalue weighted by Gasteiger charge is 1.97. The summed E-state index contributed by atoms with van der Waals surface area (Å²) in [6.45, 7) is 0.651. The number of unbranched alkanes of at least 4 members (excludes halogenated alkanes) is 5. The number of carbonyl (C=O) groups is 1. The van der Waals surface area contributed by atoms with Gasteiger partial charge in [0.1, 0.15) is 11.5 Å². The first-order chi connectivity index (χ1) is 9.18. The fourth-order valence-corrected chi connectivity index (χ4v) is 1.85. The third-order valence-corrected chi connectivity index (χ3v) is 2.87. The highest BCUT2D eigenvalue weighted by molar-refractivity contribution is 5.66. The Kier molecular flexibility index (Phi) is 7.47. The largest absolute Gasteiger partial charge is 0.508 e. The van der Waals surface area contributed by atoms with E-state index in [-0.39, 0.29) is 12.2 Å². The number of phenolic OH excluding ortho intramolecular Hbond substituents is 1. The monoisotopic (exact) mass is 266 g/mol. The number of ether oxygens (including phenoxy) is 1. The van der Waals surface area contributed by atoms with Crippen molar-refractivity contribution in [2.24, 2.45) is 0 Å². The van der Waals surface area contributed by atoms with E-state index in [1.54, 1.807) is 18.2 Å². The molecule has 0 saturated heterocycles. The highest BCUT2D eigenvalue weighted by Crippen LogP contribution is 2.18. The molecule has 19 heavy (non-hydrogen) atoms. The molecule has 1 aromatic carbocycles. The highest BCUT2D eigenvalue weighted by atomic mass is 16.5. The Balaban J connectivity index is 1.93. The molecule has 4 nitrogen and oxygen atoms in total. The third-order valence-electron chi connectivity index (χ3n) is 2.87. The van der Waals surface area contributed by atoms with Crippen LogP contribution in [0.15, 0.2) is 24.3 Å². The van der Waals surface area contributed by atoms with Gasteiger partial charge in [-0.3, -0.25) is 4.79 Å². The molecule has 0 spiro atoms. The molecule has 2 N–H and O–H groups in total. The van der Waals surface area contributed by atoms with Gasteiger partial charge in [-0.2, -0.15) is 0 Å². The lowest BCUT2D eigenvalue weighted by atomic mass is 10.1. The van der Waals surface area contributed by atoms with Gasteiger partial charge in [0.15, 0.2) is 0 Å². The molecule has 0 atom stereocenters. The summed E-state index contributed by atoms with van der Waals surface area (Å²) < 4.78 is 5.51. The maximum absolute atomic E-state index is 10.3. The van der Waals surface area contributed by atoms with Crippen molar-refractivity contribution in [2.75, 3.05) is 6.61 Å². The molecule has 0 aromatic heterocycles. The van der Waals surface area contributed by atoms with Crippen LogP contribution in [-0.2, 0) is 4.79 Å². The fraction of sp³-hybridized carbons (Fsp3) is 0.533. The zero-order valence-electron chi connectivity index (χ0n) is 11.2. The predicted molar refractivity (Wildman–Crippen MR) is 73.6 cm³/mol. The zero-order chi connectivity index (χ0) is 13.9. The maximum atomic E-state index is 10.3. The molecule has 0 heterocycles. The summed E-state index contributed by atoms with van der Waals surface area (Å²) in [6.07, 6.45) is 6.30. The van der Waals surface area contributed by atoms with E-state index in [0.717, 1.165) is 38.5 Å². The van der Waals surface area contributed by atoms with Crippen molar-refractivity contribution in [3.8, 4) is 11.5 Å². The van der Waals surface area contributed by atoms with Gasteiger partial charge in [-0.15, -0.1) is 0 Å². The second-order valence-corrected chi connectivity index (χ2v) is 4.61. The smallest absolute Gasteiger partial charge is 0.303 e. The molecular formula is C15H22O4. The van der Waals surface area contributed by atoms with Crippen LogP contribution in [0.2, 0.25) is 0 Å². The van der Waals surface area contributed by atoms with Crippen molar-refractivity contribution in [2.45, 2.75) is 44.9 Å². The van der Waals surface area contributed by atoms with E-state index < -0.39 is 5.97 Å². The van der Waals surface area contributed by atoms with E-state index in [0.29, 0.717) is 12.4 Å². The van der Waals surface area contributed by atoms with Crippen molar-refractivity contribution in [1.82, 2.24) is 0 Å². The molecule has 0 aliphatic rings. The van der Waals surface area contributed by atoms with Crippen LogP contribution in [0.4, 0.5) is 0 Å². The van der Waals surface area contributed by atoms with Gasteiger partial charge in [0.2, 0.25) is 0 Å². The minimum Gasteiger partial charge on any atom is -0.508 e. The number of aromatic hydroxyl groups is 1. The summed E-state index contributed by atoms with van der Waals surface area (Å²) in [6, 6.07) is 6.80. The van der Waals surface area contributed by atoms with Crippen LogP contribution in [0.1, 0.15) is 44.9 Å². The lowest BCUT2D eigenvalue weighted by Crippen LogP contribution is -1.97. The van der Waals surface area contributed by atoms with Crippen molar-refractivity contribution in [3.05, 3.63) is 24.3 Å². The Bertz CT molecular complexity index is 376. The van der Waals surface area contributed by atoms with Gasteiger partial charge in [-0.25, -0.2) is 0 Å². The van der Waals surface area contributed by atoms with Gasteiger partial charge in [0.05, 0.1) is 6.61 Å². The topological polar surface area (TPSA) is 66.8 Å². The van der Waals surface area contributed by atoms with Crippen LogP contribution in [-0.4, -0.2) is 22.8 Å². The van der Waals surface area contributed by atoms with Crippen LogP contribution in [0.5, 0.6) is 11.5 Å². The van der Waals surface area contributed by atoms with Crippen LogP contribution in [0.25, 0.3) is 0 Å². The fourth-order valence-electron chi connectivity index (χ4n) is 1.85. The molecule has 0 radical (unpaired) electrons. The van der Waals surface area contributed by atoms with Crippen molar-refractivity contribution < 1.29 is 19.7 Å². The molecule has 0 aliphatic carbocycles. The van der Waals surface area contributed by atoms with Crippen molar-refractivity contribution in [1.29, 1.82) is 0 Å². The number of rotatable bonds is 10. The van der Waals surface area contributed by atoms with Crippen molar-refractivity contribution in [3.63, 3.8) is 0 Å². The predicted octanol–water partition coefficient (Wildman–Crippen LogP) is 3.59. The molecule has 0 saturated carbocycles. The third kappa shape index (κ3) is 8.08. The molecule has 0 aliphatic heterocycles. The normalized spacial score (nSPS) is 10.3. The van der Waals surface area contributed by atoms with Gasteiger partial charge >= 0.3 is 5.97 Å². The Morgan fingerprint density at radius 1 is 1.05 bits per heavy atom. The number of benzene rings is 1. The second kappa shape index (κ2) is 9.25. The summed E-state index contributed by atoms with van der Waals surface area (Å²) in [4.78, 5) is 10.3. The molecule has 0 unspecified atom stereocenters. The van der Waals surface area contributed by atoms with E-state index in [9.17, 15) is 9.90 Å². The number of hydrogen-bond donors (Lipinski definition) is 2. The first-order valence-corrected chi connectivity index (χ1v) is 6.82. The Morgan fingerprint density at radius 2 is 1.74 bits per heavy atom. The molecule has 0 bridgehead atoms. The summed E-state index contributed by atoms with van der Waals surface area (Å²) in [5, 5.41) is 17.7. The number of hydrogen-bond acceptors (Lipinski definition) is 3. The zero-order valence-corrected chi connectivity index (χ0v) is 11.2. The quantitative estimate of drug-likeness (QED) is 0.635. The average molecular weight is 266 g/mol. The number of carboxylic acid groups (broad SMARTS) is 1. The van der Waals surface area contributed by atoms with Crippen LogP contribution < -0.4 is 4.74 Å². The van der Waals surface area contributed by atoms with Gasteiger partial charge in [-0.05, 0) is 25.0 Å². The Hall–Kier alpha value is -1.71. The molecule has 1 rings (SSSR count). The van der Waals surface area contributed by atoms with Gasteiger partial charge in [0, 0.05) is 12.5 Å². The standard InChI is InChI=1S/C15H22O4/c16-13-8-7-9-14(12-13)19-11-6-4-2-1-3-5-10-15(17)18/h7-9,12,16H,1-6,10-11H2,(H,17,18). The van der Waals surface area contributed by atoms with Crippen LogP contribution in [0, 0.1) is 0 Å². The second-order valence-electron chi connectivity index (χ2n) is 4.61. The summed E-state index contributed by atoms with van der Waals surface area (Å²) >= 11 is 0. The molecule has 0 fully saturated rings. The first-order valence-electron chi connectivity index (χ1n) is 6.82.